The molecule has 0 unspecified atom stereocenters. The minimum absolute atomic E-state index is 0.0810. The Hall–Kier alpha value is -2.83. The van der Waals surface area contributed by atoms with E-state index in [1.54, 1.807) is 14.0 Å². The van der Waals surface area contributed by atoms with Crippen LogP contribution in [-0.4, -0.2) is 18.8 Å². The summed E-state index contributed by atoms with van der Waals surface area (Å²) in [5.74, 6) is 1.63. The first kappa shape index (κ1) is 28.4. The Morgan fingerprint density at radius 3 is 2.23 bits per heavy atom. The molecule has 0 radical (unpaired) electrons. The molecule has 4 nitrogen and oxygen atoms in total. The molecular weight excluding hydrogens is 455 g/mol. The van der Waals surface area contributed by atoms with E-state index in [9.17, 15) is 22.8 Å². The van der Waals surface area contributed by atoms with Gasteiger partial charge in [-0.3, -0.25) is 9.59 Å². The van der Waals surface area contributed by atoms with Gasteiger partial charge in [-0.2, -0.15) is 13.2 Å². The van der Waals surface area contributed by atoms with Gasteiger partial charge in [0, 0.05) is 23.2 Å². The number of carbonyl (C=O) groups is 2. The van der Waals surface area contributed by atoms with Gasteiger partial charge in [0.15, 0.2) is 5.78 Å². The minimum Gasteiger partial charge on any atom is -0.496 e. The van der Waals surface area contributed by atoms with Crippen LogP contribution < -0.4 is 10.1 Å². The molecule has 35 heavy (non-hydrogen) atoms. The van der Waals surface area contributed by atoms with Crippen molar-refractivity contribution in [3.05, 3.63) is 58.7 Å². The molecular formula is C28H36F3NO3. The lowest BCUT2D eigenvalue weighted by atomic mass is 9.80. The molecule has 0 atom stereocenters. The molecule has 1 aliphatic rings. The summed E-state index contributed by atoms with van der Waals surface area (Å²) >= 11 is 0. The second kappa shape index (κ2) is 12.8. The van der Waals surface area contributed by atoms with Crippen LogP contribution >= 0.6 is 0 Å². The van der Waals surface area contributed by atoms with Crippen LogP contribution in [0.1, 0.15) is 79.9 Å². The largest absolute Gasteiger partial charge is 0.496 e. The first-order valence-corrected chi connectivity index (χ1v) is 12.2. The van der Waals surface area contributed by atoms with Gasteiger partial charge < -0.3 is 10.1 Å². The lowest BCUT2D eigenvalue weighted by Crippen LogP contribution is -2.27. The van der Waals surface area contributed by atoms with E-state index in [0.717, 1.165) is 41.8 Å². The second-order valence-corrected chi connectivity index (χ2v) is 9.04. The Kier molecular flexibility index (Phi) is 10.3. The molecule has 2 aromatic rings. The highest BCUT2D eigenvalue weighted by molar-refractivity contribution is 5.96. The highest BCUT2D eigenvalue weighted by Crippen LogP contribution is 2.34. The van der Waals surface area contributed by atoms with Crippen LogP contribution in [0.3, 0.4) is 0 Å². The molecule has 192 valence electrons. The van der Waals surface area contributed by atoms with E-state index < -0.39 is 11.7 Å². The van der Waals surface area contributed by atoms with E-state index in [2.05, 4.69) is 12.2 Å². The van der Waals surface area contributed by atoms with Crippen molar-refractivity contribution in [2.24, 2.45) is 11.8 Å². The number of anilines is 1. The third-order valence-corrected chi connectivity index (χ3v) is 6.68. The maximum absolute atomic E-state index is 12.6. The molecule has 1 saturated carbocycles. The normalized spacial score (nSPS) is 17.7. The summed E-state index contributed by atoms with van der Waals surface area (Å²) in [4.78, 5) is 23.4. The molecule has 1 amide bonds. The van der Waals surface area contributed by atoms with Gasteiger partial charge in [-0.1, -0.05) is 38.5 Å². The molecule has 1 fully saturated rings. The van der Waals surface area contributed by atoms with E-state index in [1.165, 1.54) is 38.3 Å². The van der Waals surface area contributed by atoms with Crippen molar-refractivity contribution in [3.8, 4) is 5.75 Å². The Balaban J connectivity index is 0.000000258. The second-order valence-electron chi connectivity index (χ2n) is 9.04. The number of ether oxygens (including phenoxy) is 1. The number of benzene rings is 2. The Bertz CT molecular complexity index is 1010. The van der Waals surface area contributed by atoms with E-state index >= 15 is 0 Å². The van der Waals surface area contributed by atoms with Crippen molar-refractivity contribution < 1.29 is 27.5 Å². The lowest BCUT2D eigenvalue weighted by molar-refractivity contribution is -0.138. The average Bonchev–Trinajstić information content (AvgIpc) is 2.84. The molecule has 0 heterocycles. The number of hydrogen-bond donors (Lipinski definition) is 1. The van der Waals surface area contributed by atoms with E-state index in [1.807, 2.05) is 25.1 Å². The Labute approximate surface area is 206 Å². The highest BCUT2D eigenvalue weighted by Gasteiger charge is 2.34. The minimum atomic E-state index is -4.39. The topological polar surface area (TPSA) is 55.4 Å². The van der Waals surface area contributed by atoms with Gasteiger partial charge in [-0.15, -0.1) is 0 Å². The zero-order valence-corrected chi connectivity index (χ0v) is 21.2. The Morgan fingerprint density at radius 1 is 1.06 bits per heavy atom. The number of alkyl halides is 3. The molecule has 0 aromatic heterocycles. The van der Waals surface area contributed by atoms with Gasteiger partial charge >= 0.3 is 6.18 Å². The summed E-state index contributed by atoms with van der Waals surface area (Å²) in [7, 11) is 1.65. The number of Topliss-reactive ketones (excluding diaryl/α,β-unsaturated/α-hetero) is 1. The summed E-state index contributed by atoms with van der Waals surface area (Å²) < 4.78 is 43.0. The van der Waals surface area contributed by atoms with Crippen molar-refractivity contribution in [2.75, 3.05) is 12.4 Å². The quantitative estimate of drug-likeness (QED) is 0.423. The molecule has 0 bridgehead atoms. The summed E-state index contributed by atoms with van der Waals surface area (Å²) in [6, 6.07) is 9.50. The van der Waals surface area contributed by atoms with Crippen molar-refractivity contribution in [2.45, 2.75) is 72.4 Å². The maximum atomic E-state index is 12.6. The molecule has 1 N–H and O–H groups in total. The maximum Gasteiger partial charge on any atom is 0.416 e. The molecule has 1 aliphatic carbocycles. The smallest absolute Gasteiger partial charge is 0.416 e. The van der Waals surface area contributed by atoms with Crippen molar-refractivity contribution in [1.82, 2.24) is 0 Å². The fourth-order valence-electron chi connectivity index (χ4n) is 4.54. The van der Waals surface area contributed by atoms with E-state index in [-0.39, 0.29) is 35.2 Å². The zero-order chi connectivity index (χ0) is 26.2. The SMILES string of the molecule is CCC1CCC(C(=O)Nc2ccc(C)c(OC)c2)CC1.CCc1c(C(C)=O)cccc1C(F)(F)F. The highest BCUT2D eigenvalue weighted by atomic mass is 19.4. The van der Waals surface area contributed by atoms with Crippen molar-refractivity contribution in [3.63, 3.8) is 0 Å². The number of ketones is 1. The molecule has 0 saturated heterocycles. The van der Waals surface area contributed by atoms with Crippen molar-refractivity contribution >= 4 is 17.4 Å². The number of nitrogens with one attached hydrogen (secondary N) is 1. The average molecular weight is 492 g/mol. The van der Waals surface area contributed by atoms with E-state index in [4.69, 9.17) is 4.74 Å². The first-order chi connectivity index (χ1) is 16.5. The predicted molar refractivity (Wildman–Crippen MR) is 133 cm³/mol. The molecule has 7 heteroatoms. The van der Waals surface area contributed by atoms with Crippen LogP contribution in [0.25, 0.3) is 0 Å². The Morgan fingerprint density at radius 2 is 1.71 bits per heavy atom. The van der Waals surface area contributed by atoms with Crippen LogP contribution in [-0.2, 0) is 17.4 Å². The monoisotopic (exact) mass is 491 g/mol. The standard InChI is InChI=1S/C17H25NO2.C11H11F3O/c1-4-13-6-8-14(9-7-13)17(19)18-15-10-5-12(2)16(11-15)20-3;1-3-8-9(7(2)15)5-4-6-10(8)11(12,13)14/h5,10-11,13-14H,4,6-9H2,1-3H3,(H,18,19);4-6H,3H2,1-2H3. The molecule has 0 aliphatic heterocycles. The third kappa shape index (κ3) is 7.84. The molecule has 2 aromatic carbocycles. The predicted octanol–water partition coefficient (Wildman–Crippen LogP) is 7.63. The number of halogens is 3. The van der Waals surface area contributed by atoms with Crippen molar-refractivity contribution in [1.29, 1.82) is 0 Å². The van der Waals surface area contributed by atoms with Crippen LogP contribution in [0.2, 0.25) is 0 Å². The molecule has 0 spiro atoms. The molecule has 3 rings (SSSR count). The lowest BCUT2D eigenvalue weighted by Gasteiger charge is -2.27. The summed E-state index contributed by atoms with van der Waals surface area (Å²) in [5.41, 5.74) is 1.44. The fraction of sp³-hybridized carbons (Fsp3) is 0.500. The van der Waals surface area contributed by atoms with Crippen LogP contribution in [0.5, 0.6) is 5.75 Å². The zero-order valence-electron chi connectivity index (χ0n) is 21.2. The summed E-state index contributed by atoms with van der Waals surface area (Å²) in [6.07, 6.45) is 1.46. The van der Waals surface area contributed by atoms with Gasteiger partial charge in [-0.05, 0) is 75.1 Å². The fourth-order valence-corrected chi connectivity index (χ4v) is 4.54. The van der Waals surface area contributed by atoms with E-state index in [0.29, 0.717) is 0 Å². The van der Waals surface area contributed by atoms with Crippen LogP contribution in [0, 0.1) is 18.8 Å². The number of methoxy groups -OCH3 is 1. The van der Waals surface area contributed by atoms with Gasteiger partial charge in [0.1, 0.15) is 5.75 Å². The van der Waals surface area contributed by atoms with Gasteiger partial charge in [0.2, 0.25) is 5.91 Å². The number of amides is 1. The van der Waals surface area contributed by atoms with Gasteiger partial charge in [0.05, 0.1) is 12.7 Å². The number of rotatable bonds is 6. The number of aryl methyl sites for hydroxylation is 1. The first-order valence-electron chi connectivity index (χ1n) is 12.2. The summed E-state index contributed by atoms with van der Waals surface area (Å²) in [6.45, 7) is 7.12. The van der Waals surface area contributed by atoms with Gasteiger partial charge in [-0.25, -0.2) is 0 Å². The van der Waals surface area contributed by atoms with Gasteiger partial charge in [0.25, 0.3) is 0 Å². The number of carbonyl (C=O) groups excluding carboxylic acids is 2. The van der Waals surface area contributed by atoms with Crippen LogP contribution in [0.15, 0.2) is 36.4 Å². The van der Waals surface area contributed by atoms with Crippen LogP contribution in [0.4, 0.5) is 18.9 Å². The summed E-state index contributed by atoms with van der Waals surface area (Å²) in [5, 5.41) is 3.03. The number of hydrogen-bond acceptors (Lipinski definition) is 3. The third-order valence-electron chi connectivity index (χ3n) is 6.68.